The first kappa shape index (κ1) is 22.0. The first-order valence-corrected chi connectivity index (χ1v) is 7.84. The third-order valence-corrected chi connectivity index (χ3v) is 4.01. The highest BCUT2D eigenvalue weighted by Gasteiger charge is 2.17. The predicted octanol–water partition coefficient (Wildman–Crippen LogP) is 2.50. The number of aromatic nitrogens is 1. The Hall–Kier alpha value is -1.04. The van der Waals surface area contributed by atoms with Crippen LogP contribution in [0.3, 0.4) is 0 Å². The zero-order valence-electron chi connectivity index (χ0n) is 13.9. The summed E-state index contributed by atoms with van der Waals surface area (Å²) < 4.78 is 0. The fourth-order valence-electron chi connectivity index (χ4n) is 2.51. The minimum atomic E-state index is -0.0441. The third kappa shape index (κ3) is 6.94. The molecule has 2 N–H and O–H groups in total. The molecule has 1 saturated heterocycles. The number of amides is 1. The van der Waals surface area contributed by atoms with Crippen molar-refractivity contribution in [3.05, 3.63) is 23.9 Å². The van der Waals surface area contributed by atoms with Crippen LogP contribution in [-0.2, 0) is 0 Å². The van der Waals surface area contributed by atoms with Crippen molar-refractivity contribution >= 4 is 36.5 Å². The Kier molecular flexibility index (Phi) is 11.0. The third-order valence-electron chi connectivity index (χ3n) is 4.01. The van der Waals surface area contributed by atoms with Gasteiger partial charge in [0.05, 0.1) is 5.56 Å². The van der Waals surface area contributed by atoms with Gasteiger partial charge in [-0.05, 0) is 50.9 Å². The summed E-state index contributed by atoms with van der Waals surface area (Å²) in [4.78, 5) is 18.7. The minimum absolute atomic E-state index is 0. The summed E-state index contributed by atoms with van der Waals surface area (Å²) in [7, 11) is 1.91. The molecule has 0 atom stereocenters. The van der Waals surface area contributed by atoms with Crippen LogP contribution in [0.4, 0.5) is 5.82 Å². The fourth-order valence-corrected chi connectivity index (χ4v) is 2.51. The molecule has 1 aliphatic heterocycles. The van der Waals surface area contributed by atoms with Crippen LogP contribution in [0.25, 0.3) is 0 Å². The van der Waals surface area contributed by atoms with Crippen molar-refractivity contribution in [3.63, 3.8) is 0 Å². The molecular formula is C16H28Cl2N4O. The number of pyridine rings is 1. The molecular weight excluding hydrogens is 335 g/mol. The van der Waals surface area contributed by atoms with Gasteiger partial charge < -0.3 is 15.5 Å². The lowest BCUT2D eigenvalue weighted by Crippen LogP contribution is -2.33. The van der Waals surface area contributed by atoms with Crippen LogP contribution in [0.2, 0.25) is 0 Å². The maximum Gasteiger partial charge on any atom is 0.252 e. The molecule has 2 rings (SSSR count). The van der Waals surface area contributed by atoms with Crippen molar-refractivity contribution in [1.29, 1.82) is 0 Å². The molecule has 0 saturated carbocycles. The smallest absolute Gasteiger partial charge is 0.252 e. The highest BCUT2D eigenvalue weighted by molar-refractivity contribution is 5.94. The maximum atomic E-state index is 12.0. The molecule has 1 fully saturated rings. The number of hydrogen-bond donors (Lipinski definition) is 2. The zero-order valence-corrected chi connectivity index (χ0v) is 15.5. The molecule has 0 aromatic carbocycles. The number of anilines is 1. The summed E-state index contributed by atoms with van der Waals surface area (Å²) in [6, 6.07) is 3.83. The fraction of sp³-hybridized carbons (Fsp3) is 0.625. The topological polar surface area (TPSA) is 57.3 Å². The van der Waals surface area contributed by atoms with Crippen LogP contribution in [0, 0.1) is 5.92 Å². The molecule has 1 aromatic heterocycles. The largest absolute Gasteiger partial charge is 0.357 e. The van der Waals surface area contributed by atoms with E-state index in [0.717, 1.165) is 37.8 Å². The lowest BCUT2D eigenvalue weighted by Gasteiger charge is -2.31. The summed E-state index contributed by atoms with van der Waals surface area (Å²) >= 11 is 0. The molecule has 0 bridgehead atoms. The average Bonchev–Trinajstić information content (AvgIpc) is 2.52. The Bertz CT molecular complexity index is 448. The summed E-state index contributed by atoms with van der Waals surface area (Å²) in [6.07, 6.45) is 5.05. The van der Waals surface area contributed by atoms with Crippen molar-refractivity contribution in [2.24, 2.45) is 5.92 Å². The number of carbonyl (C=O) groups excluding carboxylic acids is 1. The van der Waals surface area contributed by atoms with E-state index >= 15 is 0 Å². The molecule has 1 amide bonds. The van der Waals surface area contributed by atoms with Crippen molar-refractivity contribution in [3.8, 4) is 0 Å². The van der Waals surface area contributed by atoms with Crippen LogP contribution >= 0.6 is 24.8 Å². The van der Waals surface area contributed by atoms with Gasteiger partial charge in [-0.1, -0.05) is 6.92 Å². The second-order valence-electron chi connectivity index (χ2n) is 5.79. The van der Waals surface area contributed by atoms with Gasteiger partial charge in [-0.15, -0.1) is 24.8 Å². The van der Waals surface area contributed by atoms with E-state index in [1.807, 2.05) is 19.2 Å². The van der Waals surface area contributed by atoms with E-state index in [9.17, 15) is 4.79 Å². The lowest BCUT2D eigenvalue weighted by atomic mass is 9.99. The SMILES string of the molecule is CNCCCNC(=O)c1ccc(N2CCC(C)CC2)nc1.Cl.Cl. The number of halogens is 2. The molecule has 0 spiro atoms. The quantitative estimate of drug-likeness (QED) is 0.763. The monoisotopic (exact) mass is 362 g/mol. The predicted molar refractivity (Wildman–Crippen MR) is 100 cm³/mol. The van der Waals surface area contributed by atoms with Gasteiger partial charge in [0, 0.05) is 25.8 Å². The molecule has 1 aromatic rings. The first-order valence-electron chi connectivity index (χ1n) is 7.84. The van der Waals surface area contributed by atoms with Crippen LogP contribution < -0.4 is 15.5 Å². The Morgan fingerprint density at radius 2 is 1.96 bits per heavy atom. The minimum Gasteiger partial charge on any atom is -0.357 e. The van der Waals surface area contributed by atoms with Gasteiger partial charge in [0.15, 0.2) is 0 Å². The van der Waals surface area contributed by atoms with Gasteiger partial charge in [0.25, 0.3) is 5.91 Å². The number of nitrogens with zero attached hydrogens (tertiary/aromatic N) is 2. The van der Waals surface area contributed by atoms with Gasteiger partial charge in [0.1, 0.15) is 5.82 Å². The van der Waals surface area contributed by atoms with Gasteiger partial charge in [-0.25, -0.2) is 4.98 Å². The molecule has 2 heterocycles. The summed E-state index contributed by atoms with van der Waals surface area (Å²) in [6.45, 7) is 6.01. The van der Waals surface area contributed by atoms with Crippen molar-refractivity contribution in [2.45, 2.75) is 26.2 Å². The molecule has 132 valence electrons. The first-order chi connectivity index (χ1) is 10.2. The normalized spacial score (nSPS) is 14.6. The second kappa shape index (κ2) is 11.5. The van der Waals surface area contributed by atoms with E-state index in [1.54, 1.807) is 6.20 Å². The molecule has 5 nitrogen and oxygen atoms in total. The number of piperidine rings is 1. The molecule has 1 aliphatic rings. The van der Waals surface area contributed by atoms with Crippen molar-refractivity contribution in [1.82, 2.24) is 15.6 Å². The van der Waals surface area contributed by atoms with Crippen LogP contribution in [0.15, 0.2) is 18.3 Å². The summed E-state index contributed by atoms with van der Waals surface area (Å²) in [5, 5.41) is 5.96. The van der Waals surface area contributed by atoms with E-state index in [4.69, 9.17) is 0 Å². The summed E-state index contributed by atoms with van der Waals surface area (Å²) in [5.74, 6) is 1.75. The van der Waals surface area contributed by atoms with Crippen LogP contribution in [0.1, 0.15) is 36.5 Å². The van der Waals surface area contributed by atoms with E-state index in [-0.39, 0.29) is 30.7 Å². The molecule has 23 heavy (non-hydrogen) atoms. The molecule has 0 unspecified atom stereocenters. The highest BCUT2D eigenvalue weighted by atomic mass is 35.5. The molecule has 7 heteroatoms. The standard InChI is InChI=1S/C16H26N4O.2ClH/c1-13-6-10-20(11-7-13)15-5-4-14(12-19-15)16(21)18-9-3-8-17-2;;/h4-5,12-13,17H,3,6-11H2,1-2H3,(H,18,21);2*1H. The van der Waals surface area contributed by atoms with Crippen LogP contribution in [-0.4, -0.2) is 44.1 Å². The number of hydrogen-bond acceptors (Lipinski definition) is 4. The van der Waals surface area contributed by atoms with Crippen LogP contribution in [0.5, 0.6) is 0 Å². The van der Waals surface area contributed by atoms with E-state index in [2.05, 4.69) is 27.4 Å². The maximum absolute atomic E-state index is 12.0. The number of carbonyl (C=O) groups is 1. The number of nitrogens with one attached hydrogen (secondary N) is 2. The summed E-state index contributed by atoms with van der Waals surface area (Å²) in [5.41, 5.74) is 0.633. The van der Waals surface area contributed by atoms with E-state index in [1.165, 1.54) is 12.8 Å². The zero-order chi connectivity index (χ0) is 15.1. The Morgan fingerprint density at radius 1 is 1.26 bits per heavy atom. The number of rotatable bonds is 6. The average molecular weight is 363 g/mol. The molecule has 0 aliphatic carbocycles. The second-order valence-corrected chi connectivity index (χ2v) is 5.79. The van der Waals surface area contributed by atoms with Gasteiger partial charge in [-0.3, -0.25) is 4.79 Å². The Morgan fingerprint density at radius 3 is 2.52 bits per heavy atom. The Balaban J connectivity index is 0.00000242. The van der Waals surface area contributed by atoms with Gasteiger partial charge in [-0.2, -0.15) is 0 Å². The van der Waals surface area contributed by atoms with Crippen molar-refractivity contribution in [2.75, 3.05) is 38.1 Å². The molecule has 0 radical (unpaired) electrons. The van der Waals surface area contributed by atoms with Crippen molar-refractivity contribution < 1.29 is 4.79 Å². The Labute approximate surface area is 151 Å². The van der Waals surface area contributed by atoms with Gasteiger partial charge in [0.2, 0.25) is 0 Å². The highest BCUT2D eigenvalue weighted by Crippen LogP contribution is 2.21. The van der Waals surface area contributed by atoms with Gasteiger partial charge >= 0.3 is 0 Å². The van der Waals surface area contributed by atoms with E-state index < -0.39 is 0 Å². The van der Waals surface area contributed by atoms with E-state index in [0.29, 0.717) is 12.1 Å². The lowest BCUT2D eigenvalue weighted by molar-refractivity contribution is 0.0953.